The van der Waals surface area contributed by atoms with E-state index >= 15 is 0 Å². The summed E-state index contributed by atoms with van der Waals surface area (Å²) < 4.78 is 0. The second kappa shape index (κ2) is 14.5. The average molecular weight is 488 g/mol. The van der Waals surface area contributed by atoms with Crippen molar-refractivity contribution < 1.29 is 15.3 Å². The van der Waals surface area contributed by atoms with Crippen molar-refractivity contribution in [3.05, 3.63) is 114 Å². The van der Waals surface area contributed by atoms with E-state index in [1.54, 1.807) is 12.3 Å². The first-order valence-corrected chi connectivity index (χ1v) is 11.8. The molecule has 0 aliphatic heterocycles. The molecule has 8 heteroatoms. The van der Waals surface area contributed by atoms with Gasteiger partial charge >= 0.3 is 0 Å². The number of rotatable bonds is 11. The van der Waals surface area contributed by atoms with Gasteiger partial charge in [0.2, 0.25) is 0 Å². The van der Waals surface area contributed by atoms with Crippen LogP contribution in [0.3, 0.4) is 0 Å². The fourth-order valence-electron chi connectivity index (χ4n) is 3.81. The number of nitrogens with zero attached hydrogens (tertiary/aromatic N) is 5. The molecule has 3 heterocycles. The van der Waals surface area contributed by atoms with Crippen molar-refractivity contribution in [2.75, 3.05) is 20.2 Å². The summed E-state index contributed by atoms with van der Waals surface area (Å²) in [5.74, 6) is 0.306. The maximum Gasteiger partial charge on any atom is 0.120 e. The topological polar surface area (TPSA) is 106 Å². The van der Waals surface area contributed by atoms with E-state index in [4.69, 9.17) is 5.11 Å². The minimum absolute atomic E-state index is 0.137. The molecular weight excluding hydrogens is 454 g/mol. The lowest BCUT2D eigenvalue weighted by atomic mass is 10.1. The van der Waals surface area contributed by atoms with Crippen molar-refractivity contribution in [2.45, 2.75) is 26.2 Å². The van der Waals surface area contributed by atoms with Gasteiger partial charge in [-0.15, -0.1) is 0 Å². The lowest BCUT2D eigenvalue weighted by Crippen LogP contribution is -2.34. The first kappa shape index (κ1) is 26.7. The Balaban J connectivity index is 0.00000176. The standard InChI is InChI=1S/C27H29N5O2.CH4O/c33-26-10-11-27(34)22(17-26)18-31(19-23-7-1-4-12-28-23)15-16-32(20-24-8-2-5-13-29-24)21-25-9-3-6-14-30-25;1-2/h1-14,17,33-34H,15-16,18-21H2;2H,1H3. The largest absolute Gasteiger partial charge is 0.508 e. The van der Waals surface area contributed by atoms with Crippen molar-refractivity contribution in [1.29, 1.82) is 0 Å². The molecule has 36 heavy (non-hydrogen) atoms. The van der Waals surface area contributed by atoms with Gasteiger partial charge in [0.1, 0.15) is 11.5 Å². The van der Waals surface area contributed by atoms with Crippen LogP contribution in [0.5, 0.6) is 11.5 Å². The lowest BCUT2D eigenvalue weighted by molar-refractivity contribution is 0.178. The Hall–Kier alpha value is -3.85. The summed E-state index contributed by atoms with van der Waals surface area (Å²) in [6.07, 6.45) is 5.41. The second-order valence-corrected chi connectivity index (χ2v) is 8.20. The average Bonchev–Trinajstić information content (AvgIpc) is 2.92. The molecule has 0 bridgehead atoms. The number of hydrogen-bond donors (Lipinski definition) is 3. The van der Waals surface area contributed by atoms with E-state index in [0.29, 0.717) is 31.7 Å². The number of phenolic OH excluding ortho intramolecular Hbond substituents is 2. The molecule has 0 aliphatic carbocycles. The second-order valence-electron chi connectivity index (χ2n) is 8.20. The molecule has 188 valence electrons. The summed E-state index contributed by atoms with van der Waals surface area (Å²) in [4.78, 5) is 18.0. The van der Waals surface area contributed by atoms with E-state index in [1.165, 1.54) is 12.1 Å². The monoisotopic (exact) mass is 487 g/mol. The zero-order chi connectivity index (χ0) is 25.6. The van der Waals surface area contributed by atoms with Crippen LogP contribution in [0.2, 0.25) is 0 Å². The fraction of sp³-hybridized carbons (Fsp3) is 0.250. The van der Waals surface area contributed by atoms with Gasteiger partial charge in [0.25, 0.3) is 0 Å². The molecule has 3 aromatic heterocycles. The van der Waals surface area contributed by atoms with Crippen LogP contribution in [0.1, 0.15) is 22.6 Å². The van der Waals surface area contributed by atoms with E-state index in [9.17, 15) is 10.2 Å². The van der Waals surface area contributed by atoms with E-state index in [1.807, 2.05) is 67.0 Å². The van der Waals surface area contributed by atoms with Crippen LogP contribution in [0, 0.1) is 0 Å². The molecule has 0 atom stereocenters. The molecule has 0 aliphatic rings. The highest BCUT2D eigenvalue weighted by Crippen LogP contribution is 2.24. The Morgan fingerprint density at radius 3 is 1.44 bits per heavy atom. The number of aromatic nitrogens is 3. The number of hydrogen-bond acceptors (Lipinski definition) is 8. The van der Waals surface area contributed by atoms with E-state index in [-0.39, 0.29) is 11.5 Å². The van der Waals surface area contributed by atoms with Gasteiger partial charge in [0.15, 0.2) is 0 Å². The highest BCUT2D eigenvalue weighted by Gasteiger charge is 2.15. The Bertz CT molecular complexity index is 1110. The maximum atomic E-state index is 10.3. The van der Waals surface area contributed by atoms with Gasteiger partial charge in [0.05, 0.1) is 17.1 Å². The highest BCUT2D eigenvalue weighted by atomic mass is 16.3. The van der Waals surface area contributed by atoms with Crippen molar-refractivity contribution in [3.63, 3.8) is 0 Å². The number of aromatic hydroxyl groups is 2. The first-order chi connectivity index (χ1) is 17.7. The van der Waals surface area contributed by atoms with Gasteiger partial charge in [-0.1, -0.05) is 18.2 Å². The maximum absolute atomic E-state index is 10.3. The summed E-state index contributed by atoms with van der Waals surface area (Å²) in [7, 11) is 1.00. The smallest absolute Gasteiger partial charge is 0.120 e. The van der Waals surface area contributed by atoms with Crippen LogP contribution < -0.4 is 0 Å². The van der Waals surface area contributed by atoms with Crippen molar-refractivity contribution >= 4 is 0 Å². The van der Waals surface area contributed by atoms with Gasteiger partial charge in [-0.25, -0.2) is 0 Å². The Morgan fingerprint density at radius 1 is 0.583 bits per heavy atom. The van der Waals surface area contributed by atoms with Crippen molar-refractivity contribution in [2.24, 2.45) is 0 Å². The molecule has 1 aromatic carbocycles. The molecule has 0 fully saturated rings. The van der Waals surface area contributed by atoms with Crippen LogP contribution in [-0.2, 0) is 26.2 Å². The highest BCUT2D eigenvalue weighted by molar-refractivity contribution is 5.38. The summed E-state index contributed by atoms with van der Waals surface area (Å²) in [6, 6.07) is 22.4. The van der Waals surface area contributed by atoms with Crippen LogP contribution in [0.15, 0.2) is 91.4 Å². The number of pyridine rings is 3. The number of phenols is 2. The van der Waals surface area contributed by atoms with Gasteiger partial charge in [-0.2, -0.15) is 0 Å². The van der Waals surface area contributed by atoms with Gasteiger partial charge in [-0.3, -0.25) is 24.8 Å². The van der Waals surface area contributed by atoms with Gasteiger partial charge in [0, 0.05) is 70.5 Å². The normalized spacial score (nSPS) is 10.8. The lowest BCUT2D eigenvalue weighted by Gasteiger charge is -2.27. The van der Waals surface area contributed by atoms with Crippen LogP contribution in [-0.4, -0.2) is 60.3 Å². The summed E-state index contributed by atoms with van der Waals surface area (Å²) in [6.45, 7) is 4.00. The minimum Gasteiger partial charge on any atom is -0.508 e. The number of benzene rings is 1. The third-order valence-corrected chi connectivity index (χ3v) is 5.52. The zero-order valence-corrected chi connectivity index (χ0v) is 20.5. The molecule has 0 unspecified atom stereocenters. The summed E-state index contributed by atoms with van der Waals surface area (Å²) >= 11 is 0. The Morgan fingerprint density at radius 2 is 1.03 bits per heavy atom. The molecule has 4 aromatic rings. The number of aliphatic hydroxyl groups is 1. The predicted molar refractivity (Wildman–Crippen MR) is 139 cm³/mol. The first-order valence-electron chi connectivity index (χ1n) is 11.8. The molecule has 0 saturated carbocycles. The molecule has 4 rings (SSSR count). The molecule has 0 amide bonds. The van der Waals surface area contributed by atoms with Gasteiger partial charge in [-0.05, 0) is 54.6 Å². The van der Waals surface area contributed by atoms with Gasteiger partial charge < -0.3 is 15.3 Å². The SMILES string of the molecule is CO.Oc1ccc(O)c(CN(CCN(Cc2ccccn2)Cc2ccccn2)Cc2ccccn2)c1. The minimum atomic E-state index is 0.137. The molecule has 8 nitrogen and oxygen atoms in total. The molecule has 3 N–H and O–H groups in total. The number of aliphatic hydroxyl groups excluding tert-OH is 1. The molecule has 0 saturated heterocycles. The van der Waals surface area contributed by atoms with Crippen LogP contribution >= 0.6 is 0 Å². The summed E-state index contributed by atoms with van der Waals surface area (Å²) in [5, 5.41) is 27.3. The quantitative estimate of drug-likeness (QED) is 0.276. The van der Waals surface area contributed by atoms with E-state index < -0.39 is 0 Å². The third-order valence-electron chi connectivity index (χ3n) is 5.52. The van der Waals surface area contributed by atoms with Crippen molar-refractivity contribution in [3.8, 4) is 11.5 Å². The Labute approximate surface area is 212 Å². The van der Waals surface area contributed by atoms with E-state index in [2.05, 4.69) is 24.8 Å². The third kappa shape index (κ3) is 8.74. The van der Waals surface area contributed by atoms with Crippen LogP contribution in [0.25, 0.3) is 0 Å². The molecular formula is C28H33N5O3. The fourth-order valence-corrected chi connectivity index (χ4v) is 3.81. The molecule has 0 radical (unpaired) electrons. The zero-order valence-electron chi connectivity index (χ0n) is 20.5. The van der Waals surface area contributed by atoms with E-state index in [0.717, 1.165) is 37.3 Å². The summed E-state index contributed by atoms with van der Waals surface area (Å²) in [5.41, 5.74) is 3.63. The van der Waals surface area contributed by atoms with Crippen LogP contribution in [0.4, 0.5) is 0 Å². The van der Waals surface area contributed by atoms with Crippen molar-refractivity contribution in [1.82, 2.24) is 24.8 Å². The molecule has 0 spiro atoms. The predicted octanol–water partition coefficient (Wildman–Crippen LogP) is 3.60. The Kier molecular flexibility index (Phi) is 10.8.